The molecule has 1 aliphatic heterocycles. The number of benzene rings is 4. The molecule has 0 fully saturated rings. The summed E-state index contributed by atoms with van der Waals surface area (Å²) in [5.74, 6) is -0.144. The lowest BCUT2D eigenvalue weighted by molar-refractivity contribution is 0.102. The number of ketones is 1. The minimum atomic E-state index is -0.556. The summed E-state index contributed by atoms with van der Waals surface area (Å²) in [5, 5.41) is 3.72. The lowest BCUT2D eigenvalue weighted by Gasteiger charge is -2.30. The molecule has 0 radical (unpaired) electrons. The van der Waals surface area contributed by atoms with Gasteiger partial charge in [-0.2, -0.15) is 0 Å². The van der Waals surface area contributed by atoms with E-state index < -0.39 is 5.92 Å². The van der Waals surface area contributed by atoms with E-state index in [1.54, 1.807) is 18.3 Å². The SMILES string of the molecule is NC1=C(C(=O)c2c[nH]c3ccc(Br)cc23)C(c2ccc(Cl)cc2Cl)c2c(ccc3ccccc23)O1. The van der Waals surface area contributed by atoms with Gasteiger partial charge in [0.2, 0.25) is 0 Å². The van der Waals surface area contributed by atoms with Crippen LogP contribution in [0.5, 0.6) is 5.75 Å². The van der Waals surface area contributed by atoms with E-state index in [0.29, 0.717) is 26.9 Å². The molecular weight excluding hydrogens is 547 g/mol. The van der Waals surface area contributed by atoms with Gasteiger partial charge >= 0.3 is 0 Å². The van der Waals surface area contributed by atoms with Gasteiger partial charge in [0.25, 0.3) is 0 Å². The molecule has 0 amide bonds. The van der Waals surface area contributed by atoms with E-state index in [4.69, 9.17) is 33.7 Å². The molecule has 7 heteroatoms. The van der Waals surface area contributed by atoms with E-state index in [1.807, 2.05) is 60.7 Å². The molecule has 0 saturated heterocycles. The van der Waals surface area contributed by atoms with E-state index in [0.717, 1.165) is 37.3 Å². The zero-order chi connectivity index (χ0) is 24.3. The Morgan fingerprint density at radius 3 is 2.63 bits per heavy atom. The average Bonchev–Trinajstić information content (AvgIpc) is 3.26. The van der Waals surface area contributed by atoms with Crippen molar-refractivity contribution >= 4 is 66.6 Å². The zero-order valence-corrected chi connectivity index (χ0v) is 21.2. The number of nitrogens with two attached hydrogens (primary N) is 1. The number of H-pyrrole nitrogens is 1. The van der Waals surface area contributed by atoms with Gasteiger partial charge in [-0.25, -0.2) is 0 Å². The van der Waals surface area contributed by atoms with E-state index in [2.05, 4.69) is 20.9 Å². The fourth-order valence-electron chi connectivity index (χ4n) is 4.84. The van der Waals surface area contributed by atoms with Crippen molar-refractivity contribution in [2.45, 2.75) is 5.92 Å². The zero-order valence-electron chi connectivity index (χ0n) is 18.1. The third kappa shape index (κ3) is 3.62. The lowest BCUT2D eigenvalue weighted by Crippen LogP contribution is -2.26. The third-order valence-corrected chi connectivity index (χ3v) is 7.46. The first kappa shape index (κ1) is 22.2. The van der Waals surface area contributed by atoms with Crippen molar-refractivity contribution in [2.75, 3.05) is 0 Å². The third-order valence-electron chi connectivity index (χ3n) is 6.40. The van der Waals surface area contributed by atoms with Crippen LogP contribution in [0.25, 0.3) is 21.7 Å². The highest BCUT2D eigenvalue weighted by Crippen LogP contribution is 2.48. The summed E-state index contributed by atoms with van der Waals surface area (Å²) in [6.07, 6.45) is 1.71. The van der Waals surface area contributed by atoms with Crippen LogP contribution in [0.1, 0.15) is 27.4 Å². The molecule has 1 unspecified atom stereocenters. The molecule has 1 aromatic heterocycles. The van der Waals surface area contributed by atoms with Gasteiger partial charge < -0.3 is 15.5 Å². The Morgan fingerprint density at radius 1 is 0.971 bits per heavy atom. The summed E-state index contributed by atoms with van der Waals surface area (Å²) in [5.41, 5.74) is 9.72. The highest BCUT2D eigenvalue weighted by atomic mass is 79.9. The fraction of sp³-hybridized carbons (Fsp3) is 0.0357. The van der Waals surface area contributed by atoms with Gasteiger partial charge in [-0.3, -0.25) is 4.79 Å². The number of Topliss-reactive ketones (excluding diaryl/α,β-unsaturated/α-hetero) is 1. The predicted octanol–water partition coefficient (Wildman–Crippen LogP) is 7.97. The summed E-state index contributed by atoms with van der Waals surface area (Å²) >= 11 is 16.5. The quantitative estimate of drug-likeness (QED) is 0.219. The largest absolute Gasteiger partial charge is 0.441 e. The number of halogens is 3. The van der Waals surface area contributed by atoms with Gasteiger partial charge in [-0.1, -0.05) is 75.5 Å². The maximum Gasteiger partial charge on any atom is 0.199 e. The normalized spacial score (nSPS) is 15.3. The predicted molar refractivity (Wildman–Crippen MR) is 144 cm³/mol. The van der Waals surface area contributed by atoms with Crippen LogP contribution < -0.4 is 10.5 Å². The van der Waals surface area contributed by atoms with Gasteiger partial charge in [0.15, 0.2) is 11.7 Å². The molecule has 5 aromatic rings. The maximum atomic E-state index is 14.2. The molecule has 35 heavy (non-hydrogen) atoms. The van der Waals surface area contributed by atoms with Crippen LogP contribution in [0.4, 0.5) is 0 Å². The summed E-state index contributed by atoms with van der Waals surface area (Å²) in [4.78, 5) is 17.4. The van der Waals surface area contributed by atoms with Gasteiger partial charge in [0.05, 0.1) is 5.57 Å². The van der Waals surface area contributed by atoms with Crippen LogP contribution in [0, 0.1) is 0 Å². The Labute approximate surface area is 219 Å². The molecular formula is C28H17BrCl2N2O2. The van der Waals surface area contributed by atoms with E-state index in [-0.39, 0.29) is 11.7 Å². The lowest BCUT2D eigenvalue weighted by atomic mass is 9.78. The number of aromatic nitrogens is 1. The molecule has 1 atom stereocenters. The standard InChI is InChI=1S/C28H17BrCl2N2O2/c29-15-6-9-22-19(11-15)20(13-33-22)27(34)26-25(18-8-7-16(30)12-21(18)31)24-17-4-2-1-3-14(17)5-10-23(24)35-28(26)32/h1-13,25,33H,32H2. The molecule has 1 aliphatic rings. The number of hydrogen-bond acceptors (Lipinski definition) is 3. The van der Waals surface area contributed by atoms with Gasteiger partial charge in [-0.15, -0.1) is 0 Å². The highest BCUT2D eigenvalue weighted by Gasteiger charge is 2.37. The molecule has 4 aromatic carbocycles. The highest BCUT2D eigenvalue weighted by molar-refractivity contribution is 9.10. The van der Waals surface area contributed by atoms with E-state index in [9.17, 15) is 4.79 Å². The second-order valence-electron chi connectivity index (χ2n) is 8.40. The Hall–Kier alpha value is -3.25. The fourth-order valence-corrected chi connectivity index (χ4v) is 5.72. The Morgan fingerprint density at radius 2 is 1.80 bits per heavy atom. The van der Waals surface area contributed by atoms with Crippen molar-refractivity contribution in [1.82, 2.24) is 4.98 Å². The summed E-state index contributed by atoms with van der Waals surface area (Å²) in [7, 11) is 0. The monoisotopic (exact) mass is 562 g/mol. The molecule has 0 saturated carbocycles. The van der Waals surface area contributed by atoms with Crippen molar-refractivity contribution in [1.29, 1.82) is 0 Å². The number of carbonyl (C=O) groups is 1. The molecule has 0 aliphatic carbocycles. The van der Waals surface area contributed by atoms with Crippen LogP contribution in [0.3, 0.4) is 0 Å². The number of fused-ring (bicyclic) bond motifs is 4. The Bertz CT molecular complexity index is 1710. The minimum absolute atomic E-state index is 0.0538. The molecule has 4 nitrogen and oxygen atoms in total. The van der Waals surface area contributed by atoms with Gasteiger partial charge in [-0.05, 0) is 52.7 Å². The number of carbonyl (C=O) groups excluding carboxylic acids is 1. The van der Waals surface area contributed by atoms with E-state index >= 15 is 0 Å². The van der Waals surface area contributed by atoms with Crippen molar-refractivity contribution in [3.8, 4) is 5.75 Å². The van der Waals surface area contributed by atoms with Crippen LogP contribution in [0.2, 0.25) is 10.0 Å². The van der Waals surface area contributed by atoms with Gasteiger partial charge in [0, 0.05) is 48.7 Å². The number of rotatable bonds is 3. The first-order valence-corrected chi connectivity index (χ1v) is 12.4. The number of nitrogens with one attached hydrogen (secondary N) is 1. The Balaban J connectivity index is 1.64. The molecule has 3 N–H and O–H groups in total. The molecule has 172 valence electrons. The smallest absolute Gasteiger partial charge is 0.199 e. The van der Waals surface area contributed by atoms with Crippen molar-refractivity contribution in [3.05, 3.63) is 122 Å². The van der Waals surface area contributed by atoms with Gasteiger partial charge in [0.1, 0.15) is 5.75 Å². The van der Waals surface area contributed by atoms with Crippen molar-refractivity contribution in [2.24, 2.45) is 5.73 Å². The number of hydrogen-bond donors (Lipinski definition) is 2. The molecule has 0 spiro atoms. The second kappa shape index (κ2) is 8.45. The first-order chi connectivity index (χ1) is 16.9. The second-order valence-corrected chi connectivity index (χ2v) is 10.2. The van der Waals surface area contributed by atoms with Crippen molar-refractivity contribution in [3.63, 3.8) is 0 Å². The summed E-state index contributed by atoms with van der Waals surface area (Å²) < 4.78 is 6.94. The average molecular weight is 564 g/mol. The topological polar surface area (TPSA) is 68.1 Å². The summed E-state index contributed by atoms with van der Waals surface area (Å²) in [6.45, 7) is 0. The van der Waals surface area contributed by atoms with Crippen LogP contribution in [-0.2, 0) is 0 Å². The number of aromatic amines is 1. The molecule has 6 rings (SSSR count). The first-order valence-electron chi connectivity index (χ1n) is 10.9. The van der Waals surface area contributed by atoms with E-state index in [1.165, 1.54) is 0 Å². The maximum absolute atomic E-state index is 14.2. The van der Waals surface area contributed by atoms with Crippen LogP contribution >= 0.6 is 39.1 Å². The molecule has 0 bridgehead atoms. The number of allylic oxidation sites excluding steroid dienone is 1. The van der Waals surface area contributed by atoms with Crippen LogP contribution in [0.15, 0.2) is 94.9 Å². The Kier molecular flexibility index (Phi) is 5.37. The van der Waals surface area contributed by atoms with Crippen molar-refractivity contribution < 1.29 is 9.53 Å². The minimum Gasteiger partial charge on any atom is -0.441 e. The molecule has 2 heterocycles. The summed E-state index contributed by atoms with van der Waals surface area (Å²) in [6, 6.07) is 22.9. The van der Waals surface area contributed by atoms with Crippen LogP contribution in [-0.4, -0.2) is 10.8 Å². The number of ether oxygens (including phenoxy) is 1.